The highest BCUT2D eigenvalue weighted by Gasteiger charge is 2.30. The molecule has 0 aromatic heterocycles. The highest BCUT2D eigenvalue weighted by molar-refractivity contribution is 5.74. The van der Waals surface area contributed by atoms with E-state index in [9.17, 15) is 9.90 Å². The zero-order valence-corrected chi connectivity index (χ0v) is 11.5. The van der Waals surface area contributed by atoms with E-state index in [0.29, 0.717) is 12.2 Å². The van der Waals surface area contributed by atoms with Gasteiger partial charge in [-0.25, -0.2) is 0 Å². The molecule has 0 saturated carbocycles. The molecular formula is C14H20O4. The molecule has 0 heterocycles. The van der Waals surface area contributed by atoms with Gasteiger partial charge >= 0.3 is 5.97 Å². The van der Waals surface area contributed by atoms with Crippen LogP contribution in [0, 0.1) is 12.3 Å². The fraction of sp³-hybridized carbons (Fsp3) is 0.500. The summed E-state index contributed by atoms with van der Waals surface area (Å²) in [5, 5.41) is 9.21. The molecule has 4 heteroatoms. The monoisotopic (exact) mass is 252 g/mol. The molecule has 0 atom stereocenters. The molecule has 1 aromatic rings. The summed E-state index contributed by atoms with van der Waals surface area (Å²) < 4.78 is 10.6. The Bertz CT molecular complexity index is 449. The van der Waals surface area contributed by atoms with Crippen LogP contribution < -0.4 is 9.47 Å². The summed E-state index contributed by atoms with van der Waals surface area (Å²) in [6.45, 7) is 5.32. The number of ether oxygens (including phenoxy) is 2. The Morgan fingerprint density at radius 1 is 1.22 bits per heavy atom. The topological polar surface area (TPSA) is 55.8 Å². The van der Waals surface area contributed by atoms with Crippen molar-refractivity contribution in [3.8, 4) is 11.5 Å². The molecule has 0 amide bonds. The summed E-state index contributed by atoms with van der Waals surface area (Å²) in [5.41, 5.74) is 0.958. The normalized spacial score (nSPS) is 11.2. The molecule has 1 rings (SSSR count). The van der Waals surface area contributed by atoms with E-state index in [4.69, 9.17) is 9.47 Å². The molecule has 0 fully saturated rings. The largest absolute Gasteiger partial charge is 0.496 e. The van der Waals surface area contributed by atoms with Crippen LogP contribution in [-0.4, -0.2) is 25.3 Å². The van der Waals surface area contributed by atoms with Crippen LogP contribution in [0.25, 0.3) is 0 Å². The Morgan fingerprint density at radius 3 is 2.17 bits per heavy atom. The van der Waals surface area contributed by atoms with Gasteiger partial charge in [0.1, 0.15) is 11.5 Å². The Kier molecular flexibility index (Phi) is 4.22. The van der Waals surface area contributed by atoms with Crippen LogP contribution in [-0.2, 0) is 11.2 Å². The summed E-state index contributed by atoms with van der Waals surface area (Å²) in [7, 11) is 3.18. The first kappa shape index (κ1) is 14.4. The molecule has 4 nitrogen and oxygen atoms in total. The Labute approximate surface area is 108 Å². The molecule has 0 aliphatic heterocycles. The third-order valence-electron chi connectivity index (χ3n) is 3.14. The van der Waals surface area contributed by atoms with Crippen LogP contribution in [0.3, 0.4) is 0 Å². The summed E-state index contributed by atoms with van der Waals surface area (Å²) in [6.07, 6.45) is 0.397. The fourth-order valence-electron chi connectivity index (χ4n) is 1.86. The van der Waals surface area contributed by atoms with E-state index in [2.05, 4.69) is 0 Å². The number of carboxylic acid groups (broad SMARTS) is 1. The van der Waals surface area contributed by atoms with Crippen LogP contribution >= 0.6 is 0 Å². The minimum atomic E-state index is -0.843. The third kappa shape index (κ3) is 2.75. The summed E-state index contributed by atoms with van der Waals surface area (Å²) in [4.78, 5) is 11.2. The smallest absolute Gasteiger partial charge is 0.309 e. The minimum absolute atomic E-state index is 0.397. The lowest BCUT2D eigenvalue weighted by Gasteiger charge is -2.22. The predicted octanol–water partition coefficient (Wildman–Crippen LogP) is 2.67. The number of methoxy groups -OCH3 is 2. The number of carboxylic acids is 1. The van der Waals surface area contributed by atoms with Gasteiger partial charge in [-0.15, -0.1) is 0 Å². The summed E-state index contributed by atoms with van der Waals surface area (Å²) in [5.74, 6) is 0.612. The van der Waals surface area contributed by atoms with E-state index in [0.717, 1.165) is 16.9 Å². The Hall–Kier alpha value is -1.71. The minimum Gasteiger partial charge on any atom is -0.496 e. The van der Waals surface area contributed by atoms with Crippen LogP contribution in [0.1, 0.15) is 25.0 Å². The van der Waals surface area contributed by atoms with Crippen LogP contribution in [0.5, 0.6) is 11.5 Å². The van der Waals surface area contributed by atoms with E-state index in [-0.39, 0.29) is 0 Å². The number of hydrogen-bond donors (Lipinski definition) is 1. The standard InChI is InChI=1S/C14H20O4/c1-9-10(8-14(2,3)13(15)16)12(18-5)7-6-11(9)17-4/h6-7H,8H2,1-5H3,(H,15,16). The molecule has 0 aliphatic rings. The molecule has 0 spiro atoms. The lowest BCUT2D eigenvalue weighted by molar-refractivity contribution is -0.146. The number of hydrogen-bond acceptors (Lipinski definition) is 3. The number of rotatable bonds is 5. The van der Waals surface area contributed by atoms with Crippen molar-refractivity contribution in [1.82, 2.24) is 0 Å². The molecular weight excluding hydrogens is 232 g/mol. The zero-order valence-electron chi connectivity index (χ0n) is 11.5. The van der Waals surface area contributed by atoms with E-state index in [1.165, 1.54) is 0 Å². The van der Waals surface area contributed by atoms with E-state index >= 15 is 0 Å². The van der Waals surface area contributed by atoms with Gasteiger partial charge in [0.25, 0.3) is 0 Å². The molecule has 0 radical (unpaired) electrons. The van der Waals surface area contributed by atoms with Gasteiger partial charge in [-0.05, 0) is 44.9 Å². The maximum Gasteiger partial charge on any atom is 0.309 e. The highest BCUT2D eigenvalue weighted by Crippen LogP contribution is 2.34. The maximum absolute atomic E-state index is 11.2. The lowest BCUT2D eigenvalue weighted by Crippen LogP contribution is -2.26. The Balaban J connectivity index is 3.25. The first-order valence-electron chi connectivity index (χ1n) is 5.77. The van der Waals surface area contributed by atoms with Crippen molar-refractivity contribution in [2.75, 3.05) is 14.2 Å². The molecule has 0 aliphatic carbocycles. The van der Waals surface area contributed by atoms with Crippen molar-refractivity contribution in [1.29, 1.82) is 0 Å². The Morgan fingerprint density at radius 2 is 1.72 bits per heavy atom. The van der Waals surface area contributed by atoms with E-state index < -0.39 is 11.4 Å². The summed E-state index contributed by atoms with van der Waals surface area (Å²) >= 11 is 0. The molecule has 1 N–H and O–H groups in total. The third-order valence-corrected chi connectivity index (χ3v) is 3.14. The van der Waals surface area contributed by atoms with Gasteiger partial charge in [-0.3, -0.25) is 4.79 Å². The van der Waals surface area contributed by atoms with Gasteiger partial charge in [0.05, 0.1) is 19.6 Å². The van der Waals surface area contributed by atoms with Crippen molar-refractivity contribution in [3.63, 3.8) is 0 Å². The second-order valence-corrected chi connectivity index (χ2v) is 4.94. The van der Waals surface area contributed by atoms with Gasteiger partial charge in [0.2, 0.25) is 0 Å². The summed E-state index contributed by atoms with van der Waals surface area (Å²) in [6, 6.07) is 3.63. The molecule has 0 saturated heterocycles. The number of aliphatic carboxylic acids is 1. The van der Waals surface area contributed by atoms with Crippen LogP contribution in [0.2, 0.25) is 0 Å². The van der Waals surface area contributed by atoms with E-state index in [1.807, 2.05) is 13.0 Å². The fourth-order valence-corrected chi connectivity index (χ4v) is 1.86. The zero-order chi connectivity index (χ0) is 13.9. The van der Waals surface area contributed by atoms with Crippen molar-refractivity contribution in [3.05, 3.63) is 23.3 Å². The molecule has 18 heavy (non-hydrogen) atoms. The first-order chi connectivity index (χ1) is 8.33. The predicted molar refractivity (Wildman–Crippen MR) is 69.4 cm³/mol. The van der Waals surface area contributed by atoms with Gasteiger partial charge < -0.3 is 14.6 Å². The van der Waals surface area contributed by atoms with Crippen molar-refractivity contribution < 1.29 is 19.4 Å². The van der Waals surface area contributed by atoms with Crippen molar-refractivity contribution >= 4 is 5.97 Å². The average molecular weight is 252 g/mol. The number of benzene rings is 1. The maximum atomic E-state index is 11.2. The SMILES string of the molecule is COc1ccc(OC)c(CC(C)(C)C(=O)O)c1C. The van der Waals surface area contributed by atoms with Gasteiger partial charge in [0, 0.05) is 5.56 Å². The second-order valence-electron chi connectivity index (χ2n) is 4.94. The molecule has 0 bridgehead atoms. The quantitative estimate of drug-likeness (QED) is 0.875. The molecule has 1 aromatic carbocycles. The van der Waals surface area contributed by atoms with Gasteiger partial charge in [0.15, 0.2) is 0 Å². The van der Waals surface area contributed by atoms with Crippen LogP contribution in [0.4, 0.5) is 0 Å². The highest BCUT2D eigenvalue weighted by atomic mass is 16.5. The first-order valence-corrected chi connectivity index (χ1v) is 5.77. The second kappa shape index (κ2) is 5.29. The average Bonchev–Trinajstić information content (AvgIpc) is 2.31. The molecule has 0 unspecified atom stereocenters. The number of carbonyl (C=O) groups is 1. The van der Waals surface area contributed by atoms with Gasteiger partial charge in [-0.1, -0.05) is 0 Å². The van der Waals surface area contributed by atoms with Crippen molar-refractivity contribution in [2.45, 2.75) is 27.2 Å². The molecule has 100 valence electrons. The lowest BCUT2D eigenvalue weighted by atomic mass is 9.84. The van der Waals surface area contributed by atoms with Crippen LogP contribution in [0.15, 0.2) is 12.1 Å². The van der Waals surface area contributed by atoms with E-state index in [1.54, 1.807) is 34.1 Å². The van der Waals surface area contributed by atoms with Crippen molar-refractivity contribution in [2.24, 2.45) is 5.41 Å². The van der Waals surface area contributed by atoms with Gasteiger partial charge in [-0.2, -0.15) is 0 Å².